The minimum Gasteiger partial charge on any atom is -0.397 e. The molecule has 20 heavy (non-hydrogen) atoms. The van der Waals surface area contributed by atoms with Crippen LogP contribution in [0.1, 0.15) is 5.56 Å². The summed E-state index contributed by atoms with van der Waals surface area (Å²) in [6.45, 7) is 1.98. The summed E-state index contributed by atoms with van der Waals surface area (Å²) in [7, 11) is 0. The number of amides is 1. The van der Waals surface area contributed by atoms with Crippen molar-refractivity contribution in [2.75, 3.05) is 16.8 Å². The normalized spacial score (nSPS) is 10.3. The van der Waals surface area contributed by atoms with Gasteiger partial charge in [0.15, 0.2) is 0 Å². The molecule has 0 unspecified atom stereocenters. The van der Waals surface area contributed by atoms with Crippen molar-refractivity contribution in [2.45, 2.75) is 11.9 Å². The number of nitrogens with one attached hydrogen (secondary N) is 1. The fourth-order valence-corrected chi connectivity index (χ4v) is 2.43. The number of pyridine rings is 1. The van der Waals surface area contributed by atoms with Crippen molar-refractivity contribution in [3.63, 3.8) is 0 Å². The highest BCUT2D eigenvalue weighted by Gasteiger charge is 2.05. The summed E-state index contributed by atoms with van der Waals surface area (Å²) in [4.78, 5) is 16.0. The summed E-state index contributed by atoms with van der Waals surface area (Å²) in [6, 6.07) is 9.28. The van der Waals surface area contributed by atoms with Crippen molar-refractivity contribution < 1.29 is 4.79 Å². The number of nitrogen functional groups attached to an aromatic ring is 1. The van der Waals surface area contributed by atoms with Gasteiger partial charge in [-0.1, -0.05) is 27.7 Å². The van der Waals surface area contributed by atoms with Gasteiger partial charge < -0.3 is 11.1 Å². The summed E-state index contributed by atoms with van der Waals surface area (Å²) in [6.07, 6.45) is 1.58. The summed E-state index contributed by atoms with van der Waals surface area (Å²) in [5, 5.41) is 3.64. The van der Waals surface area contributed by atoms with E-state index in [1.807, 2.05) is 25.1 Å². The van der Waals surface area contributed by atoms with Crippen molar-refractivity contribution in [1.82, 2.24) is 4.98 Å². The average Bonchev–Trinajstić information content (AvgIpc) is 2.42. The highest BCUT2D eigenvalue weighted by molar-refractivity contribution is 9.10. The Morgan fingerprint density at radius 2 is 2.20 bits per heavy atom. The summed E-state index contributed by atoms with van der Waals surface area (Å²) in [5.41, 5.74) is 8.04. The molecule has 0 spiro atoms. The van der Waals surface area contributed by atoms with Gasteiger partial charge in [-0.15, -0.1) is 0 Å². The number of carbonyl (C=O) groups excluding carboxylic acids is 1. The lowest BCUT2D eigenvalue weighted by Gasteiger charge is -2.07. The van der Waals surface area contributed by atoms with Crippen LogP contribution in [0.15, 0.2) is 46.0 Å². The van der Waals surface area contributed by atoms with E-state index >= 15 is 0 Å². The standard InChI is InChI=1S/C14H14BrN3OS/c1-9-6-11(3-4-12(9)15)18-13(19)8-20-14-5-2-10(16)7-17-14/h2-7H,8,16H2,1H3,(H,18,19). The highest BCUT2D eigenvalue weighted by atomic mass is 79.9. The van der Waals surface area contributed by atoms with Gasteiger partial charge in [-0.25, -0.2) is 4.98 Å². The highest BCUT2D eigenvalue weighted by Crippen LogP contribution is 2.21. The van der Waals surface area contributed by atoms with Crippen LogP contribution in [-0.2, 0) is 4.79 Å². The maximum absolute atomic E-state index is 11.9. The van der Waals surface area contributed by atoms with Crippen LogP contribution in [0.2, 0.25) is 0 Å². The molecule has 6 heteroatoms. The van der Waals surface area contributed by atoms with Gasteiger partial charge >= 0.3 is 0 Å². The first-order valence-electron chi connectivity index (χ1n) is 5.95. The van der Waals surface area contributed by atoms with Gasteiger partial charge in [-0.05, 0) is 42.8 Å². The predicted molar refractivity (Wildman–Crippen MR) is 86.9 cm³/mol. The van der Waals surface area contributed by atoms with Crippen molar-refractivity contribution in [1.29, 1.82) is 0 Å². The van der Waals surface area contributed by atoms with Crippen LogP contribution < -0.4 is 11.1 Å². The van der Waals surface area contributed by atoms with E-state index in [2.05, 4.69) is 26.2 Å². The summed E-state index contributed by atoms with van der Waals surface area (Å²) < 4.78 is 1.02. The molecule has 0 saturated heterocycles. The Morgan fingerprint density at radius 3 is 2.85 bits per heavy atom. The first-order chi connectivity index (χ1) is 9.54. The number of thioether (sulfide) groups is 1. The van der Waals surface area contributed by atoms with Crippen LogP contribution in [0.5, 0.6) is 0 Å². The van der Waals surface area contributed by atoms with Crippen LogP contribution in [0.4, 0.5) is 11.4 Å². The van der Waals surface area contributed by atoms with Gasteiger partial charge in [0, 0.05) is 10.2 Å². The molecule has 0 aliphatic carbocycles. The third-order valence-electron chi connectivity index (χ3n) is 2.55. The van der Waals surface area contributed by atoms with Gasteiger partial charge in [0.25, 0.3) is 0 Å². The van der Waals surface area contributed by atoms with Gasteiger partial charge in [0.2, 0.25) is 5.91 Å². The van der Waals surface area contributed by atoms with E-state index in [4.69, 9.17) is 5.73 Å². The quantitative estimate of drug-likeness (QED) is 0.827. The Bertz CT molecular complexity index is 616. The molecule has 0 atom stereocenters. The van der Waals surface area contributed by atoms with Gasteiger partial charge in [-0.2, -0.15) is 0 Å². The fourth-order valence-electron chi connectivity index (χ4n) is 1.54. The Hall–Kier alpha value is -1.53. The monoisotopic (exact) mass is 351 g/mol. The zero-order valence-electron chi connectivity index (χ0n) is 10.9. The van der Waals surface area contributed by atoms with E-state index in [9.17, 15) is 4.79 Å². The van der Waals surface area contributed by atoms with Crippen LogP contribution in [0.3, 0.4) is 0 Å². The third-order valence-corrected chi connectivity index (χ3v) is 4.39. The van der Waals surface area contributed by atoms with E-state index < -0.39 is 0 Å². The van der Waals surface area contributed by atoms with Crippen LogP contribution >= 0.6 is 27.7 Å². The molecule has 0 fully saturated rings. The largest absolute Gasteiger partial charge is 0.397 e. The lowest BCUT2D eigenvalue weighted by Crippen LogP contribution is -2.14. The zero-order chi connectivity index (χ0) is 14.5. The van der Waals surface area contributed by atoms with Crippen molar-refractivity contribution in [2.24, 2.45) is 0 Å². The smallest absolute Gasteiger partial charge is 0.234 e. The Labute approximate surface area is 130 Å². The molecule has 1 aromatic carbocycles. The number of aromatic nitrogens is 1. The molecule has 104 valence electrons. The molecule has 0 bridgehead atoms. The minimum absolute atomic E-state index is 0.0599. The van der Waals surface area contributed by atoms with Crippen LogP contribution in [-0.4, -0.2) is 16.6 Å². The average molecular weight is 352 g/mol. The predicted octanol–water partition coefficient (Wildman–Crippen LogP) is 3.47. The Balaban J connectivity index is 1.89. The van der Waals surface area contributed by atoms with Crippen molar-refractivity contribution >= 4 is 45.0 Å². The van der Waals surface area contributed by atoms with E-state index in [-0.39, 0.29) is 5.91 Å². The lowest BCUT2D eigenvalue weighted by molar-refractivity contribution is -0.113. The van der Waals surface area contributed by atoms with E-state index in [1.165, 1.54) is 11.8 Å². The fraction of sp³-hybridized carbons (Fsp3) is 0.143. The second kappa shape index (κ2) is 6.76. The molecule has 0 aliphatic heterocycles. The molecular weight excluding hydrogens is 338 g/mol. The number of rotatable bonds is 4. The maximum atomic E-state index is 11.9. The molecule has 2 aromatic rings. The van der Waals surface area contributed by atoms with Crippen LogP contribution in [0, 0.1) is 6.92 Å². The van der Waals surface area contributed by atoms with Crippen molar-refractivity contribution in [3.05, 3.63) is 46.6 Å². The first-order valence-corrected chi connectivity index (χ1v) is 7.73. The maximum Gasteiger partial charge on any atom is 0.234 e. The topological polar surface area (TPSA) is 68.0 Å². The molecule has 1 aromatic heterocycles. The number of benzene rings is 1. The first kappa shape index (κ1) is 14.9. The van der Waals surface area contributed by atoms with E-state index in [0.717, 1.165) is 20.7 Å². The Morgan fingerprint density at radius 1 is 1.40 bits per heavy atom. The molecule has 2 rings (SSSR count). The second-order valence-corrected chi connectivity index (χ2v) is 6.08. The van der Waals surface area contributed by atoms with Gasteiger partial charge in [0.05, 0.1) is 22.7 Å². The second-order valence-electron chi connectivity index (χ2n) is 4.23. The SMILES string of the molecule is Cc1cc(NC(=O)CSc2ccc(N)cn2)ccc1Br. The van der Waals surface area contributed by atoms with E-state index in [0.29, 0.717) is 11.4 Å². The lowest BCUT2D eigenvalue weighted by atomic mass is 10.2. The molecule has 0 aliphatic rings. The number of nitrogens with zero attached hydrogens (tertiary/aromatic N) is 1. The molecule has 1 heterocycles. The molecule has 3 N–H and O–H groups in total. The summed E-state index contributed by atoms with van der Waals surface area (Å²) >= 11 is 4.80. The molecule has 1 amide bonds. The molecular formula is C14H14BrN3OS. The minimum atomic E-state index is -0.0599. The van der Waals surface area contributed by atoms with Crippen LogP contribution in [0.25, 0.3) is 0 Å². The number of hydrogen-bond acceptors (Lipinski definition) is 4. The number of halogens is 1. The number of nitrogens with two attached hydrogens (primary N) is 1. The number of aryl methyl sites for hydroxylation is 1. The molecule has 4 nitrogen and oxygen atoms in total. The van der Waals surface area contributed by atoms with Gasteiger partial charge in [0.1, 0.15) is 0 Å². The van der Waals surface area contributed by atoms with Gasteiger partial charge in [-0.3, -0.25) is 4.79 Å². The Kier molecular flexibility index (Phi) is 5.03. The zero-order valence-corrected chi connectivity index (χ0v) is 13.3. The van der Waals surface area contributed by atoms with Crippen molar-refractivity contribution in [3.8, 4) is 0 Å². The summed E-state index contributed by atoms with van der Waals surface area (Å²) in [5.74, 6) is 0.252. The van der Waals surface area contributed by atoms with E-state index in [1.54, 1.807) is 18.3 Å². The third kappa shape index (κ3) is 4.25. The molecule has 0 saturated carbocycles. The number of carbonyl (C=O) groups is 1. The molecule has 0 radical (unpaired) electrons. The number of hydrogen-bond donors (Lipinski definition) is 2. The number of anilines is 2.